The van der Waals surface area contributed by atoms with Crippen molar-refractivity contribution in [1.29, 1.82) is 0 Å². The Balaban J connectivity index is 1.87. The van der Waals surface area contributed by atoms with Crippen LogP contribution in [0.5, 0.6) is 0 Å². The van der Waals surface area contributed by atoms with E-state index >= 15 is 0 Å². The zero-order chi connectivity index (χ0) is 12.1. The van der Waals surface area contributed by atoms with E-state index in [4.69, 9.17) is 0 Å². The highest BCUT2D eigenvalue weighted by molar-refractivity contribution is 5.88. The highest BCUT2D eigenvalue weighted by Crippen LogP contribution is 2.04. The molecule has 0 aliphatic carbocycles. The Kier molecular flexibility index (Phi) is 3.75. The van der Waals surface area contributed by atoms with Crippen LogP contribution in [0, 0.1) is 0 Å². The summed E-state index contributed by atoms with van der Waals surface area (Å²) in [6.45, 7) is 0.712. The van der Waals surface area contributed by atoms with E-state index < -0.39 is 0 Å². The van der Waals surface area contributed by atoms with E-state index in [1.807, 2.05) is 30.3 Å². The fourth-order valence-corrected chi connectivity index (χ4v) is 1.94. The van der Waals surface area contributed by atoms with Gasteiger partial charge in [0.1, 0.15) is 6.04 Å². The number of carbonyl (C=O) groups excluding carboxylic acids is 2. The summed E-state index contributed by atoms with van der Waals surface area (Å²) in [5.74, 6) is -0.170. The fraction of sp³-hybridized carbons (Fsp3) is 0.385. The molecular formula is C13H16N2O2. The third-order valence-corrected chi connectivity index (χ3v) is 2.83. The lowest BCUT2D eigenvalue weighted by Gasteiger charge is -2.22. The molecule has 90 valence electrons. The minimum absolute atomic E-state index is 0.0716. The van der Waals surface area contributed by atoms with Gasteiger partial charge in [0.05, 0.1) is 6.42 Å². The molecule has 1 heterocycles. The lowest BCUT2D eigenvalue weighted by Crippen LogP contribution is -2.50. The third kappa shape index (κ3) is 3.31. The van der Waals surface area contributed by atoms with Crippen LogP contribution >= 0.6 is 0 Å². The number of amides is 2. The van der Waals surface area contributed by atoms with Gasteiger partial charge in [-0.05, 0) is 18.4 Å². The topological polar surface area (TPSA) is 58.2 Å². The van der Waals surface area contributed by atoms with Gasteiger partial charge >= 0.3 is 0 Å². The molecule has 0 bridgehead atoms. The molecule has 0 spiro atoms. The molecule has 1 atom stereocenters. The summed E-state index contributed by atoms with van der Waals surface area (Å²) < 4.78 is 0. The van der Waals surface area contributed by atoms with Crippen molar-refractivity contribution in [2.45, 2.75) is 25.3 Å². The van der Waals surface area contributed by atoms with Gasteiger partial charge in [0.2, 0.25) is 11.8 Å². The van der Waals surface area contributed by atoms with E-state index in [0.717, 1.165) is 18.4 Å². The van der Waals surface area contributed by atoms with Crippen LogP contribution in [-0.2, 0) is 16.0 Å². The van der Waals surface area contributed by atoms with E-state index in [9.17, 15) is 9.59 Å². The Morgan fingerprint density at radius 1 is 1.35 bits per heavy atom. The van der Waals surface area contributed by atoms with Crippen molar-refractivity contribution in [1.82, 2.24) is 10.6 Å². The van der Waals surface area contributed by atoms with Gasteiger partial charge < -0.3 is 10.6 Å². The van der Waals surface area contributed by atoms with Gasteiger partial charge in [-0.1, -0.05) is 30.3 Å². The highest BCUT2D eigenvalue weighted by atomic mass is 16.2. The highest BCUT2D eigenvalue weighted by Gasteiger charge is 2.23. The molecule has 1 aromatic rings. The van der Waals surface area contributed by atoms with Crippen molar-refractivity contribution in [3.63, 3.8) is 0 Å². The molecule has 2 N–H and O–H groups in total. The molecule has 2 amide bonds. The largest absolute Gasteiger partial charge is 0.354 e. The summed E-state index contributed by atoms with van der Waals surface area (Å²) in [5, 5.41) is 5.51. The molecule has 4 nitrogen and oxygen atoms in total. The van der Waals surface area contributed by atoms with Gasteiger partial charge in [0.25, 0.3) is 0 Å². The van der Waals surface area contributed by atoms with Crippen LogP contribution in [0.4, 0.5) is 0 Å². The summed E-state index contributed by atoms with van der Waals surface area (Å²) in [6.07, 6.45) is 1.97. The first-order valence-electron chi connectivity index (χ1n) is 5.87. The summed E-state index contributed by atoms with van der Waals surface area (Å²) in [6, 6.07) is 9.16. The van der Waals surface area contributed by atoms with Crippen LogP contribution in [0.15, 0.2) is 30.3 Å². The quantitative estimate of drug-likeness (QED) is 0.802. The van der Waals surface area contributed by atoms with Gasteiger partial charge in [0, 0.05) is 6.54 Å². The number of carbonyl (C=O) groups is 2. The first kappa shape index (κ1) is 11.6. The molecule has 17 heavy (non-hydrogen) atoms. The predicted molar refractivity (Wildman–Crippen MR) is 64.3 cm³/mol. The Labute approximate surface area is 100 Å². The van der Waals surface area contributed by atoms with E-state index in [1.54, 1.807) is 0 Å². The SMILES string of the molecule is O=C(Cc1ccccc1)NC1CCCNC1=O. The maximum atomic E-state index is 11.7. The van der Waals surface area contributed by atoms with Crippen LogP contribution in [0.1, 0.15) is 18.4 Å². The Morgan fingerprint density at radius 3 is 2.82 bits per heavy atom. The predicted octanol–water partition coefficient (Wildman–Crippen LogP) is 0.624. The molecule has 1 saturated heterocycles. The first-order chi connectivity index (χ1) is 8.25. The average Bonchev–Trinajstić information content (AvgIpc) is 2.33. The molecule has 2 rings (SSSR count). The average molecular weight is 232 g/mol. The smallest absolute Gasteiger partial charge is 0.242 e. The number of hydrogen-bond acceptors (Lipinski definition) is 2. The monoisotopic (exact) mass is 232 g/mol. The maximum absolute atomic E-state index is 11.7. The molecule has 1 unspecified atom stereocenters. The number of benzene rings is 1. The van der Waals surface area contributed by atoms with E-state index in [2.05, 4.69) is 10.6 Å². The van der Waals surface area contributed by atoms with Crippen LogP contribution in [0.25, 0.3) is 0 Å². The van der Waals surface area contributed by atoms with Crippen molar-refractivity contribution in [2.24, 2.45) is 0 Å². The number of nitrogens with one attached hydrogen (secondary N) is 2. The zero-order valence-corrected chi connectivity index (χ0v) is 9.61. The number of hydrogen-bond donors (Lipinski definition) is 2. The lowest BCUT2D eigenvalue weighted by molar-refractivity contribution is -0.129. The molecule has 0 radical (unpaired) electrons. The fourth-order valence-electron chi connectivity index (χ4n) is 1.94. The van der Waals surface area contributed by atoms with Gasteiger partial charge in [-0.25, -0.2) is 0 Å². The molecule has 1 aliphatic heterocycles. The van der Waals surface area contributed by atoms with Crippen LogP contribution in [0.3, 0.4) is 0 Å². The van der Waals surface area contributed by atoms with Gasteiger partial charge in [-0.3, -0.25) is 9.59 Å². The van der Waals surface area contributed by atoms with Gasteiger partial charge in [-0.15, -0.1) is 0 Å². The van der Waals surface area contributed by atoms with E-state index in [1.165, 1.54) is 0 Å². The summed E-state index contributed by atoms with van der Waals surface area (Å²) in [4.78, 5) is 23.2. The van der Waals surface area contributed by atoms with Gasteiger partial charge in [-0.2, -0.15) is 0 Å². The summed E-state index contributed by atoms with van der Waals surface area (Å²) in [5.41, 5.74) is 0.959. The standard InChI is InChI=1S/C13H16N2O2/c16-12(9-10-5-2-1-3-6-10)15-11-7-4-8-14-13(11)17/h1-3,5-6,11H,4,7-9H2,(H,14,17)(H,15,16). The Bertz CT molecular complexity index is 403. The third-order valence-electron chi connectivity index (χ3n) is 2.83. The Morgan fingerprint density at radius 2 is 2.12 bits per heavy atom. The molecule has 1 aromatic carbocycles. The Hall–Kier alpha value is -1.84. The van der Waals surface area contributed by atoms with Crippen molar-refractivity contribution in [3.05, 3.63) is 35.9 Å². The molecular weight excluding hydrogens is 216 g/mol. The zero-order valence-electron chi connectivity index (χ0n) is 9.61. The lowest BCUT2D eigenvalue weighted by atomic mass is 10.1. The molecule has 0 saturated carbocycles. The molecule has 4 heteroatoms. The van der Waals surface area contributed by atoms with Gasteiger partial charge in [0.15, 0.2) is 0 Å². The summed E-state index contributed by atoms with van der Waals surface area (Å²) in [7, 11) is 0. The minimum atomic E-state index is -0.361. The van der Waals surface area contributed by atoms with Crippen molar-refractivity contribution in [3.8, 4) is 0 Å². The first-order valence-corrected chi connectivity index (χ1v) is 5.87. The van der Waals surface area contributed by atoms with Crippen LogP contribution in [0.2, 0.25) is 0 Å². The van der Waals surface area contributed by atoms with Crippen LogP contribution in [-0.4, -0.2) is 24.4 Å². The van der Waals surface area contributed by atoms with E-state index in [0.29, 0.717) is 13.0 Å². The second kappa shape index (κ2) is 5.48. The molecule has 1 fully saturated rings. The number of piperidine rings is 1. The van der Waals surface area contributed by atoms with E-state index in [-0.39, 0.29) is 17.9 Å². The maximum Gasteiger partial charge on any atom is 0.242 e. The summed E-state index contributed by atoms with van der Waals surface area (Å²) >= 11 is 0. The second-order valence-corrected chi connectivity index (χ2v) is 4.22. The minimum Gasteiger partial charge on any atom is -0.354 e. The van der Waals surface area contributed by atoms with Crippen molar-refractivity contribution in [2.75, 3.05) is 6.54 Å². The van der Waals surface area contributed by atoms with Crippen molar-refractivity contribution >= 4 is 11.8 Å². The second-order valence-electron chi connectivity index (χ2n) is 4.22. The van der Waals surface area contributed by atoms with Crippen LogP contribution < -0.4 is 10.6 Å². The molecule has 0 aromatic heterocycles. The van der Waals surface area contributed by atoms with Crippen molar-refractivity contribution < 1.29 is 9.59 Å². The normalized spacial score (nSPS) is 19.5. The number of rotatable bonds is 3. The molecule has 1 aliphatic rings.